The summed E-state index contributed by atoms with van der Waals surface area (Å²) in [5.41, 5.74) is 0.576. The lowest BCUT2D eigenvalue weighted by atomic mass is 10.2. The minimum Gasteiger partial charge on any atom is -0.396 e. The molecule has 1 aromatic heterocycles. The number of imidazole rings is 1. The summed E-state index contributed by atoms with van der Waals surface area (Å²) in [6.07, 6.45) is 3.77. The molecule has 0 saturated carbocycles. The second kappa shape index (κ2) is 5.65. The van der Waals surface area contributed by atoms with Gasteiger partial charge in [-0.05, 0) is 20.3 Å². The van der Waals surface area contributed by atoms with E-state index in [-0.39, 0.29) is 18.6 Å². The third-order valence-corrected chi connectivity index (χ3v) is 2.48. The minimum absolute atomic E-state index is 0.0385. The minimum atomic E-state index is -0.0385. The van der Waals surface area contributed by atoms with E-state index in [2.05, 4.69) is 4.98 Å². The molecular formula is C11H19N3O2. The highest BCUT2D eigenvalue weighted by Gasteiger charge is 2.20. The van der Waals surface area contributed by atoms with Gasteiger partial charge < -0.3 is 14.6 Å². The Labute approximate surface area is 95.7 Å². The summed E-state index contributed by atoms with van der Waals surface area (Å²) in [7, 11) is 1.80. The SMILES string of the molecule is CC(C)N(CCCO)C(=O)c1cncn1C. The van der Waals surface area contributed by atoms with Gasteiger partial charge in [-0.1, -0.05) is 0 Å². The van der Waals surface area contributed by atoms with Crippen LogP contribution in [-0.4, -0.2) is 44.7 Å². The summed E-state index contributed by atoms with van der Waals surface area (Å²) in [6, 6.07) is 0.119. The van der Waals surface area contributed by atoms with Gasteiger partial charge in [-0.25, -0.2) is 4.98 Å². The van der Waals surface area contributed by atoms with Crippen molar-refractivity contribution < 1.29 is 9.90 Å². The lowest BCUT2D eigenvalue weighted by Gasteiger charge is -2.26. The topological polar surface area (TPSA) is 58.4 Å². The molecule has 0 aromatic carbocycles. The highest BCUT2D eigenvalue weighted by molar-refractivity contribution is 5.92. The molecule has 0 aliphatic rings. The number of aromatic nitrogens is 2. The fourth-order valence-corrected chi connectivity index (χ4v) is 1.55. The first-order chi connectivity index (χ1) is 7.57. The van der Waals surface area contributed by atoms with E-state index in [4.69, 9.17) is 5.11 Å². The van der Waals surface area contributed by atoms with Crippen molar-refractivity contribution in [2.45, 2.75) is 26.3 Å². The Balaban J connectivity index is 2.79. The molecule has 0 saturated heterocycles. The third kappa shape index (κ3) is 2.82. The Hall–Kier alpha value is -1.36. The van der Waals surface area contributed by atoms with Crippen molar-refractivity contribution in [1.29, 1.82) is 0 Å². The molecule has 5 nitrogen and oxygen atoms in total. The summed E-state index contributed by atoms with van der Waals surface area (Å²) in [5, 5.41) is 8.81. The van der Waals surface area contributed by atoms with Gasteiger partial charge in [0.25, 0.3) is 5.91 Å². The predicted molar refractivity (Wildman–Crippen MR) is 61.1 cm³/mol. The van der Waals surface area contributed by atoms with Crippen LogP contribution >= 0.6 is 0 Å². The average Bonchev–Trinajstić information content (AvgIpc) is 2.64. The Kier molecular flexibility index (Phi) is 4.49. The summed E-state index contributed by atoms with van der Waals surface area (Å²) >= 11 is 0. The summed E-state index contributed by atoms with van der Waals surface area (Å²) < 4.78 is 1.71. The third-order valence-electron chi connectivity index (χ3n) is 2.48. The average molecular weight is 225 g/mol. The summed E-state index contributed by atoms with van der Waals surface area (Å²) in [6.45, 7) is 4.59. The molecule has 0 aliphatic carbocycles. The van der Waals surface area contributed by atoms with Gasteiger partial charge in [0.05, 0.1) is 12.5 Å². The number of aryl methyl sites for hydroxylation is 1. The Bertz CT molecular complexity index is 347. The molecule has 90 valence electrons. The number of amides is 1. The number of hydrogen-bond donors (Lipinski definition) is 1. The van der Waals surface area contributed by atoms with Gasteiger partial charge in [0.2, 0.25) is 0 Å². The van der Waals surface area contributed by atoms with Gasteiger partial charge in [0.15, 0.2) is 0 Å². The van der Waals surface area contributed by atoms with Crippen LogP contribution in [0.1, 0.15) is 30.8 Å². The first-order valence-electron chi connectivity index (χ1n) is 5.46. The van der Waals surface area contributed by atoms with Gasteiger partial charge in [0.1, 0.15) is 5.69 Å². The van der Waals surface area contributed by atoms with Crippen LogP contribution in [0.25, 0.3) is 0 Å². The molecule has 0 fully saturated rings. The van der Waals surface area contributed by atoms with Crippen molar-refractivity contribution in [1.82, 2.24) is 14.5 Å². The quantitative estimate of drug-likeness (QED) is 0.800. The lowest BCUT2D eigenvalue weighted by Crippen LogP contribution is -2.38. The number of nitrogens with zero attached hydrogens (tertiary/aromatic N) is 3. The fourth-order valence-electron chi connectivity index (χ4n) is 1.55. The number of carbonyl (C=O) groups is 1. The number of carbonyl (C=O) groups excluding carboxylic acids is 1. The smallest absolute Gasteiger partial charge is 0.272 e. The molecule has 16 heavy (non-hydrogen) atoms. The number of aliphatic hydroxyl groups excluding tert-OH is 1. The molecule has 0 spiro atoms. The highest BCUT2D eigenvalue weighted by atomic mass is 16.3. The molecule has 1 N–H and O–H groups in total. The van der Waals surface area contributed by atoms with Crippen LogP contribution in [0, 0.1) is 0 Å². The fraction of sp³-hybridized carbons (Fsp3) is 0.636. The maximum absolute atomic E-state index is 12.2. The van der Waals surface area contributed by atoms with Crippen LogP contribution in [0.2, 0.25) is 0 Å². The molecule has 0 bridgehead atoms. The summed E-state index contributed by atoms with van der Waals surface area (Å²) in [5.74, 6) is -0.0385. The first-order valence-corrected chi connectivity index (χ1v) is 5.46. The molecule has 1 amide bonds. The Morgan fingerprint density at radius 2 is 2.31 bits per heavy atom. The monoisotopic (exact) mass is 225 g/mol. The zero-order chi connectivity index (χ0) is 12.1. The Morgan fingerprint density at radius 1 is 1.62 bits per heavy atom. The second-order valence-corrected chi connectivity index (χ2v) is 4.06. The summed E-state index contributed by atoms with van der Waals surface area (Å²) in [4.78, 5) is 17.8. The van der Waals surface area contributed by atoms with Crippen LogP contribution < -0.4 is 0 Å². The van der Waals surface area contributed by atoms with Crippen LogP contribution in [0.5, 0.6) is 0 Å². The van der Waals surface area contributed by atoms with Gasteiger partial charge in [0, 0.05) is 26.2 Å². The zero-order valence-electron chi connectivity index (χ0n) is 10.1. The molecule has 1 heterocycles. The number of aliphatic hydroxyl groups is 1. The van der Waals surface area contributed by atoms with Crippen molar-refractivity contribution in [2.75, 3.05) is 13.2 Å². The van der Waals surface area contributed by atoms with Crippen LogP contribution in [-0.2, 0) is 7.05 Å². The molecule has 1 rings (SSSR count). The zero-order valence-corrected chi connectivity index (χ0v) is 10.1. The van der Waals surface area contributed by atoms with Crippen molar-refractivity contribution in [3.05, 3.63) is 18.2 Å². The second-order valence-electron chi connectivity index (χ2n) is 4.06. The van der Waals surface area contributed by atoms with E-state index >= 15 is 0 Å². The number of rotatable bonds is 5. The molecule has 0 atom stereocenters. The van der Waals surface area contributed by atoms with Crippen molar-refractivity contribution >= 4 is 5.91 Å². The van der Waals surface area contributed by atoms with E-state index in [1.165, 1.54) is 0 Å². The standard InChI is InChI=1S/C11H19N3O2/c1-9(2)14(5-4-6-15)11(16)10-7-12-8-13(10)3/h7-9,15H,4-6H2,1-3H3. The normalized spacial score (nSPS) is 10.8. The van der Waals surface area contributed by atoms with Crippen LogP contribution in [0.3, 0.4) is 0 Å². The maximum atomic E-state index is 12.2. The Morgan fingerprint density at radius 3 is 2.75 bits per heavy atom. The van der Waals surface area contributed by atoms with Crippen LogP contribution in [0.15, 0.2) is 12.5 Å². The molecule has 0 aliphatic heterocycles. The maximum Gasteiger partial charge on any atom is 0.272 e. The largest absolute Gasteiger partial charge is 0.396 e. The van der Waals surface area contributed by atoms with E-state index in [1.807, 2.05) is 13.8 Å². The highest BCUT2D eigenvalue weighted by Crippen LogP contribution is 2.08. The molecule has 0 unspecified atom stereocenters. The first kappa shape index (κ1) is 12.7. The van der Waals surface area contributed by atoms with E-state index in [0.29, 0.717) is 18.7 Å². The van der Waals surface area contributed by atoms with E-state index in [9.17, 15) is 4.79 Å². The molecule has 0 radical (unpaired) electrons. The van der Waals surface area contributed by atoms with Crippen molar-refractivity contribution in [3.8, 4) is 0 Å². The number of hydrogen-bond acceptors (Lipinski definition) is 3. The lowest BCUT2D eigenvalue weighted by molar-refractivity contribution is 0.0683. The van der Waals surface area contributed by atoms with Gasteiger partial charge >= 0.3 is 0 Å². The molecule has 5 heteroatoms. The van der Waals surface area contributed by atoms with Crippen molar-refractivity contribution in [3.63, 3.8) is 0 Å². The van der Waals surface area contributed by atoms with Gasteiger partial charge in [-0.2, -0.15) is 0 Å². The molecular weight excluding hydrogens is 206 g/mol. The van der Waals surface area contributed by atoms with E-state index in [1.54, 1.807) is 29.0 Å². The van der Waals surface area contributed by atoms with Crippen LogP contribution in [0.4, 0.5) is 0 Å². The van der Waals surface area contributed by atoms with E-state index < -0.39 is 0 Å². The van der Waals surface area contributed by atoms with Gasteiger partial charge in [-0.3, -0.25) is 4.79 Å². The molecule has 1 aromatic rings. The predicted octanol–water partition coefficient (Wildman–Crippen LogP) is 0.653. The van der Waals surface area contributed by atoms with Gasteiger partial charge in [-0.15, -0.1) is 0 Å². The van der Waals surface area contributed by atoms with E-state index in [0.717, 1.165) is 0 Å². The van der Waals surface area contributed by atoms with Crippen molar-refractivity contribution in [2.24, 2.45) is 7.05 Å².